The number of guanidine groups is 1. The zero-order valence-corrected chi connectivity index (χ0v) is 5.35. The van der Waals surface area contributed by atoms with Crippen LogP contribution in [0.4, 0.5) is 0 Å². The van der Waals surface area contributed by atoms with Crippen LogP contribution in [0.5, 0.6) is 0 Å². The zero-order valence-electron chi connectivity index (χ0n) is 5.35. The van der Waals surface area contributed by atoms with Gasteiger partial charge in [-0.15, -0.1) is 0 Å². The molecule has 0 spiro atoms. The summed E-state index contributed by atoms with van der Waals surface area (Å²) in [5, 5.41) is 17.6. The van der Waals surface area contributed by atoms with Crippen LogP contribution in [0.2, 0.25) is 0 Å². The number of amides is 1. The Balaban J connectivity index is 3.11. The second-order valence-electron chi connectivity index (χ2n) is 1.94. The number of nitrogens with zero attached hydrogens (tertiary/aromatic N) is 2. The summed E-state index contributed by atoms with van der Waals surface area (Å²) in [6.45, 7) is 0. The van der Waals surface area contributed by atoms with Crippen molar-refractivity contribution >= 4 is 17.7 Å². The third-order valence-corrected chi connectivity index (χ3v) is 1.11. The van der Waals surface area contributed by atoms with Crippen LogP contribution < -0.4 is 11.5 Å². The van der Waals surface area contributed by atoms with E-state index in [2.05, 4.69) is 9.98 Å². The summed E-state index contributed by atoms with van der Waals surface area (Å²) < 4.78 is 0. The second-order valence-corrected chi connectivity index (χ2v) is 1.94. The molecule has 0 radical (unpaired) electrons. The number of aliphatic hydroxyl groups is 2. The number of aliphatic imine (C=N–C) groups is 2. The van der Waals surface area contributed by atoms with Gasteiger partial charge in [0.05, 0.1) is 0 Å². The van der Waals surface area contributed by atoms with E-state index in [1.807, 2.05) is 0 Å². The Kier molecular flexibility index (Phi) is 1.39. The van der Waals surface area contributed by atoms with E-state index in [0.29, 0.717) is 0 Å². The first kappa shape index (κ1) is 7.63. The van der Waals surface area contributed by atoms with E-state index in [0.717, 1.165) is 0 Å². The van der Waals surface area contributed by atoms with Crippen LogP contribution in [0.3, 0.4) is 0 Å². The molecule has 1 aliphatic heterocycles. The molecule has 11 heavy (non-hydrogen) atoms. The first-order valence-electron chi connectivity index (χ1n) is 2.62. The fourth-order valence-corrected chi connectivity index (χ4v) is 0.518. The molecule has 6 N–H and O–H groups in total. The maximum atomic E-state index is 10.6. The minimum atomic E-state index is -2.80. The highest BCUT2D eigenvalue weighted by Gasteiger charge is 2.40. The van der Waals surface area contributed by atoms with Crippen molar-refractivity contribution < 1.29 is 15.0 Å². The van der Waals surface area contributed by atoms with Crippen LogP contribution in [0, 0.1) is 0 Å². The molecule has 7 nitrogen and oxygen atoms in total. The minimum Gasteiger partial charge on any atom is -0.382 e. The fourth-order valence-electron chi connectivity index (χ4n) is 0.518. The van der Waals surface area contributed by atoms with Crippen molar-refractivity contribution in [2.75, 3.05) is 0 Å². The summed E-state index contributed by atoms with van der Waals surface area (Å²) in [6.07, 6.45) is 0. The van der Waals surface area contributed by atoms with E-state index >= 15 is 0 Å². The molecule has 1 amide bonds. The van der Waals surface area contributed by atoms with E-state index in [4.69, 9.17) is 21.7 Å². The molecule has 0 saturated heterocycles. The second kappa shape index (κ2) is 2.01. The van der Waals surface area contributed by atoms with E-state index in [9.17, 15) is 4.79 Å². The molecule has 1 rings (SSSR count). The van der Waals surface area contributed by atoms with Crippen molar-refractivity contribution in [2.24, 2.45) is 21.5 Å². The molecule has 0 unspecified atom stereocenters. The summed E-state index contributed by atoms with van der Waals surface area (Å²) in [5.74, 6) is -5.09. The van der Waals surface area contributed by atoms with E-state index in [1.54, 1.807) is 0 Å². The van der Waals surface area contributed by atoms with Crippen LogP contribution in [0.1, 0.15) is 0 Å². The fraction of sp³-hybridized carbons (Fsp3) is 0.250. The van der Waals surface area contributed by atoms with Crippen molar-refractivity contribution in [1.82, 2.24) is 0 Å². The van der Waals surface area contributed by atoms with Crippen LogP contribution in [-0.2, 0) is 4.79 Å². The van der Waals surface area contributed by atoms with Crippen molar-refractivity contribution in [3.63, 3.8) is 0 Å². The summed E-state index contributed by atoms with van der Waals surface area (Å²) in [7, 11) is 0. The van der Waals surface area contributed by atoms with Gasteiger partial charge in [-0.05, 0) is 0 Å². The van der Waals surface area contributed by atoms with Gasteiger partial charge < -0.3 is 21.7 Å². The molecule has 0 fully saturated rings. The monoisotopic (exact) mass is 158 g/mol. The average Bonchev–Trinajstić information content (AvgIpc) is 1.84. The first-order chi connectivity index (χ1) is 4.94. The molecule has 60 valence electrons. The van der Waals surface area contributed by atoms with Gasteiger partial charge in [0.2, 0.25) is 5.96 Å². The molecule has 0 aromatic carbocycles. The summed E-state index contributed by atoms with van der Waals surface area (Å²) >= 11 is 0. The number of rotatable bonds is 0. The number of carbonyl (C=O) groups is 1. The maximum Gasteiger partial charge on any atom is 0.317 e. The highest BCUT2D eigenvalue weighted by atomic mass is 16.5. The number of hydrogen-bond donors (Lipinski definition) is 4. The lowest BCUT2D eigenvalue weighted by atomic mass is 10.2. The predicted molar refractivity (Wildman–Crippen MR) is 35.4 cm³/mol. The molecule has 0 bridgehead atoms. The molecular weight excluding hydrogens is 152 g/mol. The summed E-state index contributed by atoms with van der Waals surface area (Å²) in [4.78, 5) is 16.8. The summed E-state index contributed by atoms with van der Waals surface area (Å²) in [5.41, 5.74) is 9.94. The average molecular weight is 158 g/mol. The maximum absolute atomic E-state index is 10.6. The Morgan fingerprint density at radius 3 is 2.27 bits per heavy atom. The largest absolute Gasteiger partial charge is 0.382 e. The predicted octanol–water partition coefficient (Wildman–Crippen LogP) is -3.12. The van der Waals surface area contributed by atoms with E-state index in [1.165, 1.54) is 0 Å². The van der Waals surface area contributed by atoms with Crippen molar-refractivity contribution in [1.29, 1.82) is 0 Å². The molecular formula is C4H6N4O3. The highest BCUT2D eigenvalue weighted by Crippen LogP contribution is 2.06. The van der Waals surface area contributed by atoms with Gasteiger partial charge in [-0.1, -0.05) is 0 Å². The van der Waals surface area contributed by atoms with Crippen LogP contribution >= 0.6 is 0 Å². The normalized spacial score (nSPS) is 22.5. The van der Waals surface area contributed by atoms with Crippen molar-refractivity contribution in [3.8, 4) is 0 Å². The number of nitrogens with two attached hydrogens (primary N) is 2. The smallest absolute Gasteiger partial charge is 0.317 e. The number of hydrogen-bond acceptors (Lipinski definition) is 6. The molecule has 0 aromatic rings. The van der Waals surface area contributed by atoms with E-state index in [-0.39, 0.29) is 5.96 Å². The standard InChI is InChI=1S/C4H6N4O3/c5-1-4(10,11)2(9)8-3(6)7-1/h10-11H,(H4,5,6,7,8,9). The van der Waals surface area contributed by atoms with Gasteiger partial charge in [0.15, 0.2) is 5.84 Å². The Morgan fingerprint density at radius 2 is 1.82 bits per heavy atom. The lowest BCUT2D eigenvalue weighted by Crippen LogP contribution is -2.53. The third kappa shape index (κ3) is 1.06. The van der Waals surface area contributed by atoms with Crippen LogP contribution in [-0.4, -0.2) is 33.7 Å². The minimum absolute atomic E-state index is 0.383. The molecule has 1 heterocycles. The zero-order chi connectivity index (χ0) is 8.65. The number of amidine groups is 1. The Morgan fingerprint density at radius 1 is 1.27 bits per heavy atom. The molecule has 7 heteroatoms. The quantitative estimate of drug-likeness (QED) is 0.276. The Hall–Kier alpha value is -1.47. The van der Waals surface area contributed by atoms with Gasteiger partial charge in [0.1, 0.15) is 0 Å². The van der Waals surface area contributed by atoms with Crippen molar-refractivity contribution in [2.45, 2.75) is 5.79 Å². The van der Waals surface area contributed by atoms with E-state index < -0.39 is 17.5 Å². The first-order valence-corrected chi connectivity index (χ1v) is 2.62. The molecule has 0 saturated carbocycles. The van der Waals surface area contributed by atoms with Gasteiger partial charge in [-0.3, -0.25) is 4.79 Å². The lowest BCUT2D eigenvalue weighted by molar-refractivity contribution is -0.158. The van der Waals surface area contributed by atoms with Crippen molar-refractivity contribution in [3.05, 3.63) is 0 Å². The Bertz CT molecular complexity index is 267. The third-order valence-electron chi connectivity index (χ3n) is 1.11. The molecule has 0 aliphatic carbocycles. The Labute approximate surface area is 61.0 Å². The van der Waals surface area contributed by atoms with Crippen LogP contribution in [0.15, 0.2) is 9.98 Å². The number of carbonyl (C=O) groups excluding carboxylic acids is 1. The molecule has 0 aromatic heterocycles. The van der Waals surface area contributed by atoms with Gasteiger partial charge in [-0.25, -0.2) is 0 Å². The molecule has 0 atom stereocenters. The molecule has 1 aliphatic rings. The van der Waals surface area contributed by atoms with Gasteiger partial charge in [-0.2, -0.15) is 9.98 Å². The van der Waals surface area contributed by atoms with Gasteiger partial charge >= 0.3 is 11.7 Å². The highest BCUT2D eigenvalue weighted by molar-refractivity contribution is 6.17. The lowest BCUT2D eigenvalue weighted by Gasteiger charge is -2.19. The SMILES string of the molecule is NC1=NC(=O)C(O)(O)C(N)=N1. The summed E-state index contributed by atoms with van der Waals surface area (Å²) in [6, 6.07) is 0. The van der Waals surface area contributed by atoms with Gasteiger partial charge in [0.25, 0.3) is 0 Å². The van der Waals surface area contributed by atoms with Gasteiger partial charge in [0, 0.05) is 0 Å². The van der Waals surface area contributed by atoms with Crippen LogP contribution in [0.25, 0.3) is 0 Å². The topological polar surface area (TPSA) is 134 Å².